The van der Waals surface area contributed by atoms with Gasteiger partial charge in [-0.05, 0) is 74.5 Å². The van der Waals surface area contributed by atoms with Crippen LogP contribution in [-0.4, -0.2) is 72.4 Å². The molecular weight excluding hydrogens is 443 g/mol. The molecule has 2 atom stereocenters. The minimum Gasteiger partial charge on any atom is -0.491 e. The van der Waals surface area contributed by atoms with Gasteiger partial charge in [0.05, 0.1) is 31.4 Å². The monoisotopic (exact) mass is 478 g/mol. The first kappa shape index (κ1) is 25.6. The molecule has 3 rings (SSSR count). The van der Waals surface area contributed by atoms with Crippen LogP contribution in [0.1, 0.15) is 43.7 Å². The standard InChI is InChI=1S/C25H35FN2O4S/c1-4-11-27(14-20(29)16-31-18(2)3)15-25(30)28-12-9-24-22(10-13-33-24)23(28)17-32-21-7-5-19(26)6-8-21/h5-8,10,13,18,20,23,29H,4,9,11-12,14-17H2,1-3H3/t20-,23-/m1/s1. The average molecular weight is 479 g/mol. The molecule has 0 spiro atoms. The molecule has 1 aliphatic rings. The summed E-state index contributed by atoms with van der Waals surface area (Å²) >= 11 is 1.70. The quantitative estimate of drug-likeness (QED) is 0.502. The Morgan fingerprint density at radius 3 is 2.76 bits per heavy atom. The summed E-state index contributed by atoms with van der Waals surface area (Å²) < 4.78 is 24.7. The fourth-order valence-electron chi connectivity index (χ4n) is 4.07. The lowest BCUT2D eigenvalue weighted by Crippen LogP contribution is -2.48. The number of amides is 1. The van der Waals surface area contributed by atoms with Crippen LogP contribution in [0, 0.1) is 5.82 Å². The number of nitrogens with zero attached hydrogens (tertiary/aromatic N) is 2. The summed E-state index contributed by atoms with van der Waals surface area (Å²) in [5.41, 5.74) is 1.12. The highest BCUT2D eigenvalue weighted by atomic mass is 32.1. The van der Waals surface area contributed by atoms with Gasteiger partial charge in [-0.25, -0.2) is 4.39 Å². The maximum absolute atomic E-state index is 13.4. The number of hydrogen-bond acceptors (Lipinski definition) is 6. The molecule has 6 nitrogen and oxygen atoms in total. The van der Waals surface area contributed by atoms with Crippen molar-refractivity contribution in [1.82, 2.24) is 9.80 Å². The molecule has 1 aliphatic heterocycles. The van der Waals surface area contributed by atoms with E-state index < -0.39 is 6.10 Å². The van der Waals surface area contributed by atoms with Crippen LogP contribution in [0.2, 0.25) is 0 Å². The van der Waals surface area contributed by atoms with E-state index in [1.54, 1.807) is 23.5 Å². The summed E-state index contributed by atoms with van der Waals surface area (Å²) in [6.07, 6.45) is 1.12. The van der Waals surface area contributed by atoms with Gasteiger partial charge >= 0.3 is 0 Å². The molecule has 0 bridgehead atoms. The molecule has 0 fully saturated rings. The van der Waals surface area contributed by atoms with Gasteiger partial charge in [0.1, 0.15) is 18.2 Å². The Labute approximate surface area is 199 Å². The van der Waals surface area contributed by atoms with E-state index in [2.05, 4.69) is 18.4 Å². The van der Waals surface area contributed by atoms with Gasteiger partial charge in [0.25, 0.3) is 0 Å². The Morgan fingerprint density at radius 2 is 2.06 bits per heavy atom. The van der Waals surface area contributed by atoms with Gasteiger partial charge in [-0.3, -0.25) is 9.69 Å². The van der Waals surface area contributed by atoms with Gasteiger partial charge in [0.2, 0.25) is 5.91 Å². The Balaban J connectivity index is 1.67. The van der Waals surface area contributed by atoms with E-state index in [4.69, 9.17) is 9.47 Å². The molecule has 0 saturated heterocycles. The fourth-order valence-corrected chi connectivity index (χ4v) is 5.00. The van der Waals surface area contributed by atoms with E-state index in [1.165, 1.54) is 17.0 Å². The van der Waals surface area contributed by atoms with Crippen LogP contribution < -0.4 is 4.74 Å². The molecule has 2 aromatic rings. The van der Waals surface area contributed by atoms with Crippen molar-refractivity contribution in [2.24, 2.45) is 0 Å². The topological polar surface area (TPSA) is 62.2 Å². The number of thiophene rings is 1. The molecule has 0 saturated carbocycles. The van der Waals surface area contributed by atoms with E-state index in [9.17, 15) is 14.3 Å². The first-order chi connectivity index (χ1) is 15.9. The third-order valence-electron chi connectivity index (χ3n) is 5.63. The van der Waals surface area contributed by atoms with Crippen LogP contribution in [0.25, 0.3) is 0 Å². The number of rotatable bonds is 12. The van der Waals surface area contributed by atoms with Gasteiger partial charge in [0, 0.05) is 18.0 Å². The zero-order chi connectivity index (χ0) is 23.8. The maximum Gasteiger partial charge on any atom is 0.237 e. The van der Waals surface area contributed by atoms with E-state index in [1.807, 2.05) is 23.6 Å². The zero-order valence-corrected chi connectivity index (χ0v) is 20.5. The largest absolute Gasteiger partial charge is 0.491 e. The van der Waals surface area contributed by atoms with Crippen molar-refractivity contribution in [2.45, 2.75) is 51.9 Å². The highest BCUT2D eigenvalue weighted by Gasteiger charge is 2.33. The van der Waals surface area contributed by atoms with Crippen molar-refractivity contribution in [3.63, 3.8) is 0 Å². The van der Waals surface area contributed by atoms with Crippen molar-refractivity contribution in [3.8, 4) is 5.75 Å². The second-order valence-corrected chi connectivity index (χ2v) is 9.69. The molecule has 0 unspecified atom stereocenters. The lowest BCUT2D eigenvalue weighted by molar-refractivity contribution is -0.136. The summed E-state index contributed by atoms with van der Waals surface area (Å²) in [6.45, 7) is 8.46. The number of carbonyl (C=O) groups excluding carboxylic acids is 1. The molecule has 0 radical (unpaired) electrons. The number of ether oxygens (including phenoxy) is 2. The Bertz CT molecular complexity index is 874. The van der Waals surface area contributed by atoms with Gasteiger partial charge in [-0.2, -0.15) is 0 Å². The van der Waals surface area contributed by atoms with Crippen LogP contribution in [-0.2, 0) is 16.0 Å². The summed E-state index contributed by atoms with van der Waals surface area (Å²) in [6, 6.07) is 7.80. The van der Waals surface area contributed by atoms with Crippen molar-refractivity contribution < 1.29 is 23.8 Å². The van der Waals surface area contributed by atoms with E-state index in [0.717, 1.165) is 24.9 Å². The smallest absolute Gasteiger partial charge is 0.237 e. The number of aliphatic hydroxyl groups excluding tert-OH is 1. The van der Waals surface area contributed by atoms with Crippen molar-refractivity contribution in [2.75, 3.05) is 39.4 Å². The van der Waals surface area contributed by atoms with Gasteiger partial charge in [0.15, 0.2) is 0 Å². The number of hydrogen-bond donors (Lipinski definition) is 1. The lowest BCUT2D eigenvalue weighted by atomic mass is 10.0. The second kappa shape index (κ2) is 12.5. The number of aliphatic hydroxyl groups is 1. The maximum atomic E-state index is 13.4. The molecule has 33 heavy (non-hydrogen) atoms. The number of benzene rings is 1. The SMILES string of the molecule is CCCN(CC(=O)N1CCc2sccc2[C@H]1COc1ccc(F)cc1)C[C@@H](O)COC(C)C. The summed E-state index contributed by atoms with van der Waals surface area (Å²) in [5, 5.41) is 12.4. The van der Waals surface area contributed by atoms with Gasteiger partial charge < -0.3 is 19.5 Å². The summed E-state index contributed by atoms with van der Waals surface area (Å²) in [5.74, 6) is 0.283. The second-order valence-electron chi connectivity index (χ2n) is 8.69. The predicted molar refractivity (Wildman–Crippen MR) is 128 cm³/mol. The molecular formula is C25H35FN2O4S. The number of halogens is 1. The van der Waals surface area contributed by atoms with Crippen LogP contribution in [0.15, 0.2) is 35.7 Å². The molecule has 1 amide bonds. The Morgan fingerprint density at radius 1 is 1.30 bits per heavy atom. The zero-order valence-electron chi connectivity index (χ0n) is 19.7. The lowest BCUT2D eigenvalue weighted by Gasteiger charge is -2.37. The van der Waals surface area contributed by atoms with Crippen molar-refractivity contribution in [3.05, 3.63) is 52.0 Å². The molecule has 1 aromatic heterocycles. The third kappa shape index (κ3) is 7.50. The fraction of sp³-hybridized carbons (Fsp3) is 0.560. The van der Waals surface area contributed by atoms with Crippen molar-refractivity contribution in [1.29, 1.82) is 0 Å². The van der Waals surface area contributed by atoms with Crippen LogP contribution in [0.5, 0.6) is 5.75 Å². The molecule has 0 aliphatic carbocycles. The molecule has 8 heteroatoms. The van der Waals surface area contributed by atoms with E-state index in [0.29, 0.717) is 25.4 Å². The van der Waals surface area contributed by atoms with Crippen LogP contribution in [0.4, 0.5) is 4.39 Å². The minimum absolute atomic E-state index is 0.0185. The number of fused-ring (bicyclic) bond motifs is 1. The average Bonchev–Trinajstić information content (AvgIpc) is 3.26. The molecule has 182 valence electrons. The first-order valence-corrected chi connectivity index (χ1v) is 12.5. The van der Waals surface area contributed by atoms with Crippen LogP contribution >= 0.6 is 11.3 Å². The molecule has 1 aromatic carbocycles. The summed E-state index contributed by atoms with van der Waals surface area (Å²) in [7, 11) is 0. The highest BCUT2D eigenvalue weighted by molar-refractivity contribution is 7.10. The number of carbonyl (C=O) groups is 1. The Hall–Kier alpha value is -2.00. The Kier molecular flexibility index (Phi) is 9.67. The van der Waals surface area contributed by atoms with E-state index in [-0.39, 0.29) is 37.0 Å². The molecule has 1 N–H and O–H groups in total. The normalized spacial score (nSPS) is 16.8. The minimum atomic E-state index is -0.644. The van der Waals surface area contributed by atoms with E-state index >= 15 is 0 Å². The third-order valence-corrected chi connectivity index (χ3v) is 6.62. The van der Waals surface area contributed by atoms with Gasteiger partial charge in [-0.15, -0.1) is 11.3 Å². The van der Waals surface area contributed by atoms with Crippen LogP contribution in [0.3, 0.4) is 0 Å². The molecule has 2 heterocycles. The summed E-state index contributed by atoms with van der Waals surface area (Å²) in [4.78, 5) is 18.6. The van der Waals surface area contributed by atoms with Crippen molar-refractivity contribution >= 4 is 17.2 Å². The predicted octanol–water partition coefficient (Wildman–Crippen LogP) is 3.89. The highest BCUT2D eigenvalue weighted by Crippen LogP contribution is 2.34. The van der Waals surface area contributed by atoms with Gasteiger partial charge in [-0.1, -0.05) is 6.92 Å². The first-order valence-electron chi connectivity index (χ1n) is 11.6.